The van der Waals surface area contributed by atoms with Crippen LogP contribution in [-0.4, -0.2) is 33.6 Å². The highest BCUT2D eigenvalue weighted by Gasteiger charge is 2.38. The minimum absolute atomic E-state index is 0.307. The minimum atomic E-state index is -1.65. The zero-order valence-corrected chi connectivity index (χ0v) is 12.6. The second-order valence-corrected chi connectivity index (χ2v) is 5.28. The zero-order chi connectivity index (χ0) is 16.7. The van der Waals surface area contributed by atoms with Gasteiger partial charge in [-0.15, -0.1) is 0 Å². The zero-order valence-electron chi connectivity index (χ0n) is 12.6. The highest BCUT2D eigenvalue weighted by Crippen LogP contribution is 2.34. The van der Waals surface area contributed by atoms with Crippen LogP contribution in [0.25, 0.3) is 12.2 Å². The summed E-state index contributed by atoms with van der Waals surface area (Å²) in [5.74, 6) is -0.614. The normalized spacial score (nSPS) is 13.1. The molecule has 0 aliphatic heterocycles. The Hall–Kier alpha value is -2.56. The van der Waals surface area contributed by atoms with Gasteiger partial charge in [0.25, 0.3) is 0 Å². The van der Waals surface area contributed by atoms with Crippen molar-refractivity contribution in [2.45, 2.75) is 0 Å². The van der Waals surface area contributed by atoms with Gasteiger partial charge in [-0.1, -0.05) is 60.7 Å². The molecule has 0 fully saturated rings. The van der Waals surface area contributed by atoms with Gasteiger partial charge in [-0.3, -0.25) is 0 Å². The fourth-order valence-electron chi connectivity index (χ4n) is 2.20. The average molecular weight is 312 g/mol. The molecule has 0 atom stereocenters. The standard InChI is InChI=1S/C19H20O4/c20-13-19(14-21,17(22)11-15-7-3-1-4-8-15)18(23)12-16-9-5-2-6-10-16/h1-12,20-23H,13-14H2. The SMILES string of the molecule is OCC(CO)(C(O)=Cc1ccccc1)C(O)=Cc1ccccc1. The van der Waals surface area contributed by atoms with Crippen LogP contribution >= 0.6 is 0 Å². The maximum atomic E-state index is 10.4. The molecule has 0 saturated heterocycles. The van der Waals surface area contributed by atoms with E-state index in [1.165, 1.54) is 12.2 Å². The van der Waals surface area contributed by atoms with Crippen molar-refractivity contribution < 1.29 is 20.4 Å². The summed E-state index contributed by atoms with van der Waals surface area (Å²) in [7, 11) is 0. The first-order valence-corrected chi connectivity index (χ1v) is 7.26. The minimum Gasteiger partial charge on any atom is -0.511 e. The summed E-state index contributed by atoms with van der Waals surface area (Å²) >= 11 is 0. The number of benzene rings is 2. The van der Waals surface area contributed by atoms with Crippen LogP contribution in [0, 0.1) is 5.41 Å². The lowest BCUT2D eigenvalue weighted by atomic mass is 9.83. The van der Waals surface area contributed by atoms with Gasteiger partial charge in [-0.25, -0.2) is 0 Å². The maximum absolute atomic E-state index is 10.4. The Kier molecular flexibility index (Phi) is 5.57. The Labute approximate surface area is 135 Å². The van der Waals surface area contributed by atoms with Crippen LogP contribution in [0.1, 0.15) is 11.1 Å². The Bertz CT molecular complexity index is 614. The number of aliphatic hydroxyl groups excluding tert-OH is 4. The third-order valence-electron chi connectivity index (χ3n) is 3.73. The van der Waals surface area contributed by atoms with Crippen LogP contribution in [0.3, 0.4) is 0 Å². The Morgan fingerprint density at radius 1 is 0.696 bits per heavy atom. The van der Waals surface area contributed by atoms with Crippen molar-refractivity contribution in [3.63, 3.8) is 0 Å². The molecular weight excluding hydrogens is 292 g/mol. The highest BCUT2D eigenvalue weighted by atomic mass is 16.3. The van der Waals surface area contributed by atoms with Crippen molar-refractivity contribution >= 4 is 12.2 Å². The van der Waals surface area contributed by atoms with Crippen LogP contribution in [0.4, 0.5) is 0 Å². The smallest absolute Gasteiger partial charge is 0.130 e. The summed E-state index contributed by atoms with van der Waals surface area (Å²) in [4.78, 5) is 0. The summed E-state index contributed by atoms with van der Waals surface area (Å²) in [5, 5.41) is 40.2. The number of hydrogen-bond donors (Lipinski definition) is 4. The molecule has 0 aliphatic carbocycles. The lowest BCUT2D eigenvalue weighted by Gasteiger charge is -2.28. The van der Waals surface area contributed by atoms with Gasteiger partial charge in [-0.2, -0.15) is 0 Å². The predicted molar refractivity (Wildman–Crippen MR) is 90.7 cm³/mol. The van der Waals surface area contributed by atoms with Gasteiger partial charge >= 0.3 is 0 Å². The predicted octanol–water partition coefficient (Wildman–Crippen LogP) is 3.16. The fourth-order valence-corrected chi connectivity index (χ4v) is 2.20. The lowest BCUT2D eigenvalue weighted by Crippen LogP contribution is -2.34. The quantitative estimate of drug-likeness (QED) is 0.618. The molecule has 0 aromatic heterocycles. The van der Waals surface area contributed by atoms with Gasteiger partial charge in [0, 0.05) is 0 Å². The van der Waals surface area contributed by atoms with Gasteiger partial charge in [0.2, 0.25) is 0 Å². The summed E-state index contributed by atoms with van der Waals surface area (Å²) in [6, 6.07) is 18.0. The Balaban J connectivity index is 2.42. The first-order valence-electron chi connectivity index (χ1n) is 7.26. The largest absolute Gasteiger partial charge is 0.511 e. The number of aliphatic hydroxyl groups is 4. The van der Waals surface area contributed by atoms with Crippen molar-refractivity contribution in [1.29, 1.82) is 0 Å². The van der Waals surface area contributed by atoms with Crippen molar-refractivity contribution in [2.75, 3.05) is 13.2 Å². The average Bonchev–Trinajstić information content (AvgIpc) is 2.58. The highest BCUT2D eigenvalue weighted by molar-refractivity contribution is 5.58. The van der Waals surface area contributed by atoms with Crippen LogP contribution in [0.5, 0.6) is 0 Å². The van der Waals surface area contributed by atoms with Gasteiger partial charge in [0.1, 0.15) is 16.9 Å². The monoisotopic (exact) mass is 312 g/mol. The second kappa shape index (κ2) is 7.63. The van der Waals surface area contributed by atoms with E-state index >= 15 is 0 Å². The molecular formula is C19H20O4. The van der Waals surface area contributed by atoms with E-state index in [0.717, 1.165) is 0 Å². The Morgan fingerprint density at radius 3 is 1.35 bits per heavy atom. The van der Waals surface area contributed by atoms with E-state index in [2.05, 4.69) is 0 Å². The molecule has 0 spiro atoms. The fraction of sp³-hybridized carbons (Fsp3) is 0.158. The van der Waals surface area contributed by atoms with Crippen LogP contribution in [0.15, 0.2) is 72.2 Å². The first-order chi connectivity index (χ1) is 11.1. The van der Waals surface area contributed by atoms with Crippen molar-refractivity contribution in [3.05, 3.63) is 83.3 Å². The first kappa shape index (κ1) is 16.8. The van der Waals surface area contributed by atoms with Crippen molar-refractivity contribution in [2.24, 2.45) is 5.41 Å². The molecule has 2 aromatic rings. The second-order valence-electron chi connectivity index (χ2n) is 5.28. The molecule has 2 aromatic carbocycles. The van der Waals surface area contributed by atoms with E-state index in [0.29, 0.717) is 11.1 Å². The van der Waals surface area contributed by atoms with Crippen LogP contribution < -0.4 is 0 Å². The topological polar surface area (TPSA) is 80.9 Å². The molecule has 23 heavy (non-hydrogen) atoms. The Morgan fingerprint density at radius 2 is 1.04 bits per heavy atom. The van der Waals surface area contributed by atoms with Crippen LogP contribution in [0.2, 0.25) is 0 Å². The summed E-state index contributed by atoms with van der Waals surface area (Å²) in [6.07, 6.45) is 2.84. The third-order valence-corrected chi connectivity index (χ3v) is 3.73. The van der Waals surface area contributed by atoms with Gasteiger partial charge in [0.05, 0.1) is 13.2 Å². The van der Waals surface area contributed by atoms with E-state index < -0.39 is 18.6 Å². The molecule has 0 heterocycles. The molecule has 120 valence electrons. The van der Waals surface area contributed by atoms with E-state index in [-0.39, 0.29) is 11.5 Å². The van der Waals surface area contributed by atoms with Crippen molar-refractivity contribution in [1.82, 2.24) is 0 Å². The van der Waals surface area contributed by atoms with Gasteiger partial charge < -0.3 is 20.4 Å². The van der Waals surface area contributed by atoms with Gasteiger partial charge in [0.15, 0.2) is 0 Å². The third kappa shape index (κ3) is 3.80. The van der Waals surface area contributed by atoms with E-state index in [4.69, 9.17) is 0 Å². The summed E-state index contributed by atoms with van der Waals surface area (Å²) in [6.45, 7) is -1.26. The molecule has 0 bridgehead atoms. The van der Waals surface area contributed by atoms with Crippen LogP contribution in [-0.2, 0) is 0 Å². The van der Waals surface area contributed by atoms with E-state index in [1.54, 1.807) is 48.5 Å². The van der Waals surface area contributed by atoms with Crippen molar-refractivity contribution in [3.8, 4) is 0 Å². The molecule has 0 amide bonds. The molecule has 2 rings (SSSR count). The summed E-state index contributed by atoms with van der Waals surface area (Å²) < 4.78 is 0. The molecule has 0 aliphatic rings. The number of hydrogen-bond acceptors (Lipinski definition) is 4. The molecule has 4 heteroatoms. The molecule has 0 radical (unpaired) electrons. The maximum Gasteiger partial charge on any atom is 0.130 e. The molecule has 4 nitrogen and oxygen atoms in total. The van der Waals surface area contributed by atoms with Gasteiger partial charge in [-0.05, 0) is 23.3 Å². The summed E-state index contributed by atoms with van der Waals surface area (Å²) in [5.41, 5.74) is -0.251. The molecule has 4 N–H and O–H groups in total. The van der Waals surface area contributed by atoms with E-state index in [1.807, 2.05) is 12.1 Å². The lowest BCUT2D eigenvalue weighted by molar-refractivity contribution is 0.0487. The van der Waals surface area contributed by atoms with E-state index in [9.17, 15) is 20.4 Å². The molecule has 0 saturated carbocycles. The number of rotatable bonds is 6. The molecule has 0 unspecified atom stereocenters.